The van der Waals surface area contributed by atoms with E-state index in [1.165, 1.54) is 31.4 Å². The standard InChI is InChI=1S/C17H28N2/c1-3-16-11-8-12-19(16)17(4-2,14-18)13-15-9-6-5-7-10-15/h5-7,9-10,16H,3-4,8,11-14,18H2,1-2H3. The zero-order valence-electron chi connectivity index (χ0n) is 12.4. The number of nitrogens with zero attached hydrogens (tertiary/aromatic N) is 1. The van der Waals surface area contributed by atoms with Crippen LogP contribution in [0.3, 0.4) is 0 Å². The second kappa shape index (κ2) is 6.53. The van der Waals surface area contributed by atoms with E-state index < -0.39 is 0 Å². The molecule has 19 heavy (non-hydrogen) atoms. The zero-order chi connectivity index (χ0) is 13.7. The molecule has 106 valence electrons. The summed E-state index contributed by atoms with van der Waals surface area (Å²) < 4.78 is 0. The number of hydrogen-bond donors (Lipinski definition) is 1. The van der Waals surface area contributed by atoms with Crippen molar-refractivity contribution in [1.29, 1.82) is 0 Å². The van der Waals surface area contributed by atoms with Crippen LogP contribution in [0.2, 0.25) is 0 Å². The number of likely N-dealkylation sites (tertiary alicyclic amines) is 1. The molecule has 1 heterocycles. The summed E-state index contributed by atoms with van der Waals surface area (Å²) in [6.45, 7) is 6.58. The first-order valence-electron chi connectivity index (χ1n) is 7.76. The number of nitrogens with two attached hydrogens (primary N) is 1. The van der Waals surface area contributed by atoms with E-state index in [9.17, 15) is 0 Å². The van der Waals surface area contributed by atoms with Crippen molar-refractivity contribution in [2.45, 2.75) is 57.5 Å². The average Bonchev–Trinajstić information content (AvgIpc) is 2.95. The summed E-state index contributed by atoms with van der Waals surface area (Å²) in [7, 11) is 0. The van der Waals surface area contributed by atoms with Crippen LogP contribution in [0.1, 0.15) is 45.1 Å². The van der Waals surface area contributed by atoms with Crippen molar-refractivity contribution in [3.8, 4) is 0 Å². The Balaban J connectivity index is 2.21. The van der Waals surface area contributed by atoms with Gasteiger partial charge in [-0.05, 0) is 44.2 Å². The first kappa shape index (κ1) is 14.5. The third-order valence-electron chi connectivity index (χ3n) is 4.87. The molecule has 2 nitrogen and oxygen atoms in total. The van der Waals surface area contributed by atoms with Crippen LogP contribution in [0, 0.1) is 0 Å². The molecule has 0 amide bonds. The average molecular weight is 260 g/mol. The van der Waals surface area contributed by atoms with Gasteiger partial charge in [-0.3, -0.25) is 4.90 Å². The fourth-order valence-corrected chi connectivity index (χ4v) is 3.62. The van der Waals surface area contributed by atoms with Gasteiger partial charge >= 0.3 is 0 Å². The summed E-state index contributed by atoms with van der Waals surface area (Å²) in [6.07, 6.45) is 6.13. The first-order valence-corrected chi connectivity index (χ1v) is 7.76. The minimum absolute atomic E-state index is 0.151. The van der Waals surface area contributed by atoms with Crippen LogP contribution in [0.4, 0.5) is 0 Å². The van der Waals surface area contributed by atoms with Crippen molar-refractivity contribution in [1.82, 2.24) is 4.90 Å². The Morgan fingerprint density at radius 3 is 2.58 bits per heavy atom. The predicted molar refractivity (Wildman–Crippen MR) is 82.2 cm³/mol. The van der Waals surface area contributed by atoms with E-state index in [0.717, 1.165) is 25.4 Å². The maximum Gasteiger partial charge on any atom is 0.0372 e. The lowest BCUT2D eigenvalue weighted by Gasteiger charge is -2.44. The van der Waals surface area contributed by atoms with E-state index in [0.29, 0.717) is 0 Å². The first-order chi connectivity index (χ1) is 9.25. The van der Waals surface area contributed by atoms with Gasteiger partial charge < -0.3 is 5.73 Å². The van der Waals surface area contributed by atoms with Crippen LogP contribution in [0.15, 0.2) is 30.3 Å². The van der Waals surface area contributed by atoms with Gasteiger partial charge in [0.2, 0.25) is 0 Å². The lowest BCUT2D eigenvalue weighted by Crippen LogP contribution is -2.56. The van der Waals surface area contributed by atoms with Gasteiger partial charge in [-0.25, -0.2) is 0 Å². The molecule has 0 spiro atoms. The number of hydrogen-bond acceptors (Lipinski definition) is 2. The van der Waals surface area contributed by atoms with Crippen molar-refractivity contribution in [3.05, 3.63) is 35.9 Å². The van der Waals surface area contributed by atoms with Gasteiger partial charge in [0.05, 0.1) is 0 Å². The topological polar surface area (TPSA) is 29.3 Å². The van der Waals surface area contributed by atoms with Crippen LogP contribution in [0.25, 0.3) is 0 Å². The van der Waals surface area contributed by atoms with Crippen molar-refractivity contribution in [3.63, 3.8) is 0 Å². The van der Waals surface area contributed by atoms with Crippen LogP contribution >= 0.6 is 0 Å². The lowest BCUT2D eigenvalue weighted by atomic mass is 9.85. The Morgan fingerprint density at radius 1 is 1.26 bits per heavy atom. The minimum atomic E-state index is 0.151. The molecular weight excluding hydrogens is 232 g/mol. The van der Waals surface area contributed by atoms with Crippen molar-refractivity contribution < 1.29 is 0 Å². The molecule has 2 unspecified atom stereocenters. The van der Waals surface area contributed by atoms with Gasteiger partial charge in [-0.15, -0.1) is 0 Å². The van der Waals surface area contributed by atoms with E-state index in [1.807, 2.05) is 0 Å². The molecule has 1 aliphatic rings. The highest BCUT2D eigenvalue weighted by Gasteiger charge is 2.39. The predicted octanol–water partition coefficient (Wildman–Crippen LogP) is 3.21. The van der Waals surface area contributed by atoms with Crippen molar-refractivity contribution in [2.75, 3.05) is 13.1 Å². The summed E-state index contributed by atoms with van der Waals surface area (Å²) in [6, 6.07) is 11.5. The molecule has 0 aromatic heterocycles. The van der Waals surface area contributed by atoms with E-state index in [2.05, 4.69) is 49.1 Å². The number of benzene rings is 1. The molecule has 1 aromatic rings. The molecule has 0 radical (unpaired) electrons. The molecule has 1 aromatic carbocycles. The summed E-state index contributed by atoms with van der Waals surface area (Å²) >= 11 is 0. The molecule has 1 fully saturated rings. The third-order valence-corrected chi connectivity index (χ3v) is 4.87. The highest BCUT2D eigenvalue weighted by molar-refractivity contribution is 5.19. The fraction of sp³-hybridized carbons (Fsp3) is 0.647. The van der Waals surface area contributed by atoms with Crippen molar-refractivity contribution in [2.24, 2.45) is 5.73 Å². The Bertz CT molecular complexity index is 370. The molecule has 1 saturated heterocycles. The largest absolute Gasteiger partial charge is 0.329 e. The summed E-state index contributed by atoms with van der Waals surface area (Å²) in [5.41, 5.74) is 7.79. The summed E-state index contributed by atoms with van der Waals surface area (Å²) in [5, 5.41) is 0. The second-order valence-corrected chi connectivity index (χ2v) is 5.84. The van der Waals surface area contributed by atoms with Crippen LogP contribution in [0.5, 0.6) is 0 Å². The minimum Gasteiger partial charge on any atom is -0.329 e. The summed E-state index contributed by atoms with van der Waals surface area (Å²) in [4.78, 5) is 2.71. The van der Waals surface area contributed by atoms with Crippen LogP contribution in [-0.2, 0) is 6.42 Å². The smallest absolute Gasteiger partial charge is 0.0372 e. The van der Waals surface area contributed by atoms with E-state index >= 15 is 0 Å². The highest BCUT2D eigenvalue weighted by atomic mass is 15.2. The number of rotatable bonds is 6. The Kier molecular flexibility index (Phi) is 5.00. The van der Waals surface area contributed by atoms with Gasteiger partial charge in [-0.1, -0.05) is 44.2 Å². The third kappa shape index (κ3) is 3.01. The molecule has 2 atom stereocenters. The Morgan fingerprint density at radius 2 is 2.00 bits per heavy atom. The van der Waals surface area contributed by atoms with Gasteiger partial charge in [0, 0.05) is 18.1 Å². The fourth-order valence-electron chi connectivity index (χ4n) is 3.62. The quantitative estimate of drug-likeness (QED) is 0.851. The monoisotopic (exact) mass is 260 g/mol. The lowest BCUT2D eigenvalue weighted by molar-refractivity contribution is 0.0736. The molecule has 2 heteroatoms. The summed E-state index contributed by atoms with van der Waals surface area (Å²) in [5.74, 6) is 0. The van der Waals surface area contributed by atoms with Gasteiger partial charge in [-0.2, -0.15) is 0 Å². The molecule has 1 aliphatic heterocycles. The molecule has 0 saturated carbocycles. The molecule has 2 N–H and O–H groups in total. The zero-order valence-corrected chi connectivity index (χ0v) is 12.4. The molecule has 2 rings (SSSR count). The normalized spacial score (nSPS) is 23.4. The maximum absolute atomic E-state index is 6.22. The Labute approximate surface area is 118 Å². The van der Waals surface area contributed by atoms with Crippen LogP contribution in [-0.4, -0.2) is 29.6 Å². The molecule has 0 aliphatic carbocycles. The van der Waals surface area contributed by atoms with E-state index in [4.69, 9.17) is 5.73 Å². The SMILES string of the molecule is CCC1CCCN1C(CC)(CN)Cc1ccccc1. The van der Waals surface area contributed by atoms with E-state index in [-0.39, 0.29) is 5.54 Å². The van der Waals surface area contributed by atoms with Gasteiger partial charge in [0.25, 0.3) is 0 Å². The van der Waals surface area contributed by atoms with Crippen LogP contribution < -0.4 is 5.73 Å². The van der Waals surface area contributed by atoms with Gasteiger partial charge in [0.1, 0.15) is 0 Å². The van der Waals surface area contributed by atoms with Crippen molar-refractivity contribution >= 4 is 0 Å². The second-order valence-electron chi connectivity index (χ2n) is 5.84. The Hall–Kier alpha value is -0.860. The molecule has 0 bridgehead atoms. The van der Waals surface area contributed by atoms with E-state index in [1.54, 1.807) is 0 Å². The highest BCUT2D eigenvalue weighted by Crippen LogP contribution is 2.33. The maximum atomic E-state index is 6.22. The molecular formula is C17H28N2. The van der Waals surface area contributed by atoms with Gasteiger partial charge in [0.15, 0.2) is 0 Å².